The highest BCUT2D eigenvalue weighted by molar-refractivity contribution is 5.97. The van der Waals surface area contributed by atoms with Crippen molar-refractivity contribution in [2.75, 3.05) is 53.2 Å². The van der Waals surface area contributed by atoms with Crippen LogP contribution in [0.5, 0.6) is 5.75 Å². The van der Waals surface area contributed by atoms with Crippen LogP contribution in [0.2, 0.25) is 0 Å². The molecule has 0 aromatic heterocycles. The first-order chi connectivity index (χ1) is 21.2. The number of nitrogens with zero attached hydrogens (tertiary/aromatic N) is 1. The van der Waals surface area contributed by atoms with E-state index in [9.17, 15) is 19.2 Å². The standard InChI is InChI=1S/C32H48N4O8/c1-22(33-28(37)21-36-13-17-42-18-14-36)30(39)35-27(19-23-8-10-24(41-3)11-9-23)31(40)34-26(20-25-7-6-15-43-25)29(38)32(2)12-4-5-16-44-32/h8-11,22,25-27H,4-7,12-21H2,1-3H3,(H,33,37)(H,34,40)(H,35,39)/t22-,25+,26-,27-,32-/m0/s1. The van der Waals surface area contributed by atoms with E-state index in [1.165, 1.54) is 0 Å². The maximum Gasteiger partial charge on any atom is 0.243 e. The van der Waals surface area contributed by atoms with Gasteiger partial charge < -0.3 is 34.9 Å². The van der Waals surface area contributed by atoms with Crippen LogP contribution in [-0.2, 0) is 39.8 Å². The number of nitrogens with one attached hydrogen (secondary N) is 3. The van der Waals surface area contributed by atoms with Gasteiger partial charge in [0.25, 0.3) is 0 Å². The number of Topliss-reactive ketones (excluding diaryl/α,β-unsaturated/α-hetero) is 1. The molecule has 0 spiro atoms. The van der Waals surface area contributed by atoms with E-state index in [0.717, 1.165) is 31.2 Å². The van der Waals surface area contributed by atoms with Crippen molar-refractivity contribution < 1.29 is 38.1 Å². The van der Waals surface area contributed by atoms with Crippen LogP contribution in [0.25, 0.3) is 0 Å². The minimum absolute atomic E-state index is 0.146. The molecular formula is C32H48N4O8. The summed E-state index contributed by atoms with van der Waals surface area (Å²) in [5.74, 6) is -0.790. The molecule has 44 heavy (non-hydrogen) atoms. The number of methoxy groups -OCH3 is 1. The van der Waals surface area contributed by atoms with Crippen molar-refractivity contribution in [2.45, 2.75) is 88.6 Å². The number of morpholine rings is 1. The van der Waals surface area contributed by atoms with Gasteiger partial charge in [-0.15, -0.1) is 0 Å². The molecule has 4 rings (SSSR count). The zero-order valence-electron chi connectivity index (χ0n) is 26.2. The van der Waals surface area contributed by atoms with E-state index >= 15 is 0 Å². The van der Waals surface area contributed by atoms with Crippen LogP contribution in [0.4, 0.5) is 0 Å². The number of carbonyl (C=O) groups excluding carboxylic acids is 4. The van der Waals surface area contributed by atoms with Crippen LogP contribution in [-0.4, -0.2) is 111 Å². The molecule has 0 saturated carbocycles. The molecule has 3 heterocycles. The summed E-state index contributed by atoms with van der Waals surface area (Å²) in [7, 11) is 1.57. The first kappa shape index (κ1) is 33.8. The normalized spacial score (nSPS) is 24.5. The Kier molecular flexibility index (Phi) is 12.5. The first-order valence-corrected chi connectivity index (χ1v) is 15.8. The highest BCUT2D eigenvalue weighted by Crippen LogP contribution is 2.29. The summed E-state index contributed by atoms with van der Waals surface area (Å²) in [5, 5.41) is 8.52. The Balaban J connectivity index is 1.47. The smallest absolute Gasteiger partial charge is 0.243 e. The number of carbonyl (C=O) groups is 4. The Morgan fingerprint density at radius 3 is 2.32 bits per heavy atom. The van der Waals surface area contributed by atoms with Gasteiger partial charge in [0.05, 0.1) is 39.0 Å². The molecule has 12 nitrogen and oxygen atoms in total. The topological polar surface area (TPSA) is 145 Å². The fourth-order valence-electron chi connectivity index (χ4n) is 5.91. The van der Waals surface area contributed by atoms with Crippen LogP contribution in [0, 0.1) is 0 Å². The van der Waals surface area contributed by atoms with Gasteiger partial charge >= 0.3 is 0 Å². The molecule has 0 aliphatic carbocycles. The lowest BCUT2D eigenvalue weighted by molar-refractivity contribution is -0.152. The fourth-order valence-corrected chi connectivity index (χ4v) is 5.91. The second kappa shape index (κ2) is 16.3. The molecule has 3 aliphatic heterocycles. The number of rotatable bonds is 14. The summed E-state index contributed by atoms with van der Waals surface area (Å²) < 4.78 is 22.4. The molecule has 1 aromatic rings. The maximum atomic E-state index is 13.9. The van der Waals surface area contributed by atoms with Crippen molar-refractivity contribution in [3.05, 3.63) is 29.8 Å². The zero-order valence-corrected chi connectivity index (χ0v) is 26.2. The van der Waals surface area contributed by atoms with Gasteiger partial charge in [-0.3, -0.25) is 24.1 Å². The van der Waals surface area contributed by atoms with Crippen molar-refractivity contribution >= 4 is 23.5 Å². The van der Waals surface area contributed by atoms with Gasteiger partial charge in [0.1, 0.15) is 23.4 Å². The van der Waals surface area contributed by atoms with Gasteiger partial charge in [-0.1, -0.05) is 12.1 Å². The van der Waals surface area contributed by atoms with Gasteiger partial charge in [-0.25, -0.2) is 0 Å². The predicted molar refractivity (Wildman–Crippen MR) is 162 cm³/mol. The Bertz CT molecular complexity index is 1110. The Morgan fingerprint density at radius 1 is 0.955 bits per heavy atom. The molecule has 244 valence electrons. The monoisotopic (exact) mass is 616 g/mol. The van der Waals surface area contributed by atoms with E-state index < -0.39 is 35.5 Å². The highest BCUT2D eigenvalue weighted by atomic mass is 16.5. The summed E-state index contributed by atoms with van der Waals surface area (Å²) in [6, 6.07) is 4.49. The summed E-state index contributed by atoms with van der Waals surface area (Å²) in [6.07, 6.45) is 4.41. The van der Waals surface area contributed by atoms with Gasteiger partial charge in [-0.05, 0) is 63.6 Å². The van der Waals surface area contributed by atoms with Gasteiger partial charge in [0, 0.05) is 39.1 Å². The van der Waals surface area contributed by atoms with Gasteiger partial charge in [0.2, 0.25) is 17.7 Å². The third kappa shape index (κ3) is 9.72. The summed E-state index contributed by atoms with van der Waals surface area (Å²) in [4.78, 5) is 55.7. The minimum Gasteiger partial charge on any atom is -0.497 e. The number of benzene rings is 1. The summed E-state index contributed by atoms with van der Waals surface area (Å²) in [6.45, 7) is 7.07. The Morgan fingerprint density at radius 2 is 1.68 bits per heavy atom. The molecule has 0 unspecified atom stereocenters. The Labute approximate surface area is 259 Å². The number of hydrogen-bond acceptors (Lipinski definition) is 9. The first-order valence-electron chi connectivity index (χ1n) is 15.8. The molecule has 3 amide bonds. The maximum absolute atomic E-state index is 13.9. The van der Waals surface area contributed by atoms with Crippen molar-refractivity contribution in [3.63, 3.8) is 0 Å². The zero-order chi connectivity index (χ0) is 31.5. The molecule has 0 radical (unpaired) electrons. The second-order valence-electron chi connectivity index (χ2n) is 12.1. The van der Waals surface area contributed by atoms with E-state index in [4.69, 9.17) is 18.9 Å². The number of ether oxygens (including phenoxy) is 4. The third-order valence-corrected chi connectivity index (χ3v) is 8.62. The number of ketones is 1. The minimum atomic E-state index is -1.01. The molecule has 0 bridgehead atoms. The fraction of sp³-hybridized carbons (Fsp3) is 0.688. The quantitative estimate of drug-likeness (QED) is 0.280. The molecule has 3 N–H and O–H groups in total. The lowest BCUT2D eigenvalue weighted by atomic mass is 9.85. The highest BCUT2D eigenvalue weighted by Gasteiger charge is 2.42. The summed E-state index contributed by atoms with van der Waals surface area (Å²) in [5.41, 5.74) is -0.206. The molecule has 3 fully saturated rings. The van der Waals surface area contributed by atoms with E-state index in [1.54, 1.807) is 33.1 Å². The molecule has 1 aromatic carbocycles. The lowest BCUT2D eigenvalue weighted by Crippen LogP contribution is -2.59. The van der Waals surface area contributed by atoms with Crippen LogP contribution < -0.4 is 20.7 Å². The van der Waals surface area contributed by atoms with E-state index in [2.05, 4.69) is 16.0 Å². The molecule has 3 saturated heterocycles. The third-order valence-electron chi connectivity index (χ3n) is 8.62. The van der Waals surface area contributed by atoms with Gasteiger partial charge in [0.15, 0.2) is 5.78 Å². The molecule has 3 aliphatic rings. The number of hydrogen-bond donors (Lipinski definition) is 3. The average molecular weight is 617 g/mol. The van der Waals surface area contributed by atoms with E-state index in [0.29, 0.717) is 58.1 Å². The van der Waals surface area contributed by atoms with Crippen LogP contribution in [0.15, 0.2) is 24.3 Å². The van der Waals surface area contributed by atoms with Crippen molar-refractivity contribution in [3.8, 4) is 5.75 Å². The Hall–Kier alpha value is -3.06. The largest absolute Gasteiger partial charge is 0.497 e. The average Bonchev–Trinajstić information content (AvgIpc) is 3.54. The van der Waals surface area contributed by atoms with Crippen LogP contribution >= 0.6 is 0 Å². The van der Waals surface area contributed by atoms with Crippen molar-refractivity contribution in [1.82, 2.24) is 20.9 Å². The number of amides is 3. The van der Waals surface area contributed by atoms with Gasteiger partial charge in [-0.2, -0.15) is 0 Å². The molecule has 12 heteroatoms. The SMILES string of the molecule is COc1ccc(C[C@H](NC(=O)[C@H](C)NC(=O)CN2CCOCC2)C(=O)N[C@@H](C[C@H]2CCCO2)C(=O)[C@]2(C)CCCCO2)cc1. The predicted octanol–water partition coefficient (Wildman–Crippen LogP) is 1.14. The lowest BCUT2D eigenvalue weighted by Gasteiger charge is -2.36. The van der Waals surface area contributed by atoms with E-state index in [-0.39, 0.29) is 30.8 Å². The summed E-state index contributed by atoms with van der Waals surface area (Å²) >= 11 is 0. The van der Waals surface area contributed by atoms with Crippen molar-refractivity contribution in [1.29, 1.82) is 0 Å². The molecular weight excluding hydrogens is 568 g/mol. The van der Waals surface area contributed by atoms with Crippen molar-refractivity contribution in [2.24, 2.45) is 0 Å². The van der Waals surface area contributed by atoms with E-state index in [1.807, 2.05) is 17.0 Å². The van der Waals surface area contributed by atoms with Crippen LogP contribution in [0.3, 0.4) is 0 Å². The molecule has 5 atom stereocenters. The second-order valence-corrected chi connectivity index (χ2v) is 12.1. The van der Waals surface area contributed by atoms with Crippen LogP contribution in [0.1, 0.15) is 57.9 Å².